The number of anilines is 1. The van der Waals surface area contributed by atoms with Crippen molar-refractivity contribution < 1.29 is 18.0 Å². The molecule has 0 aliphatic carbocycles. The summed E-state index contributed by atoms with van der Waals surface area (Å²) in [6.45, 7) is 7.74. The number of amides is 2. The van der Waals surface area contributed by atoms with Gasteiger partial charge in [-0.15, -0.1) is 0 Å². The molecule has 0 radical (unpaired) electrons. The summed E-state index contributed by atoms with van der Waals surface area (Å²) >= 11 is 0. The first-order valence-electron chi connectivity index (χ1n) is 8.93. The molecule has 2 amide bonds. The van der Waals surface area contributed by atoms with Crippen molar-refractivity contribution in [2.24, 2.45) is 11.8 Å². The van der Waals surface area contributed by atoms with Gasteiger partial charge < -0.3 is 10.2 Å². The molecule has 0 atom stereocenters. The molecule has 0 aromatic heterocycles. The maximum absolute atomic E-state index is 12.5. The van der Waals surface area contributed by atoms with Gasteiger partial charge in [0.05, 0.1) is 11.9 Å². The second-order valence-corrected chi connectivity index (χ2v) is 9.50. The topological polar surface area (TPSA) is 86.8 Å². The third kappa shape index (κ3) is 6.53. The number of hydrogen-bond donors (Lipinski definition) is 1. The van der Waals surface area contributed by atoms with Crippen molar-refractivity contribution in [1.29, 1.82) is 0 Å². The van der Waals surface area contributed by atoms with Crippen molar-refractivity contribution in [3.63, 3.8) is 0 Å². The molecule has 1 aromatic rings. The number of carbonyl (C=O) groups excluding carboxylic acids is 2. The van der Waals surface area contributed by atoms with E-state index in [0.717, 1.165) is 10.6 Å². The van der Waals surface area contributed by atoms with Crippen molar-refractivity contribution in [3.8, 4) is 0 Å². The van der Waals surface area contributed by atoms with E-state index in [1.807, 2.05) is 27.7 Å². The minimum atomic E-state index is -3.66. The van der Waals surface area contributed by atoms with Crippen molar-refractivity contribution in [3.05, 3.63) is 29.8 Å². The zero-order chi connectivity index (χ0) is 20.9. The Labute approximate surface area is 162 Å². The summed E-state index contributed by atoms with van der Waals surface area (Å²) in [5.41, 5.74) is 0.787. The van der Waals surface area contributed by atoms with Gasteiger partial charge in [-0.3, -0.25) is 13.9 Å². The fourth-order valence-corrected chi connectivity index (χ4v) is 3.75. The number of carbonyl (C=O) groups is 2. The number of nitrogens with zero attached hydrogens (tertiary/aromatic N) is 2. The first kappa shape index (κ1) is 23.0. The molecule has 8 heteroatoms. The molecule has 0 fully saturated rings. The molecule has 0 saturated heterocycles. The predicted molar refractivity (Wildman–Crippen MR) is 108 cm³/mol. The van der Waals surface area contributed by atoms with E-state index in [4.69, 9.17) is 0 Å². The molecule has 0 unspecified atom stereocenters. The highest BCUT2D eigenvalue weighted by atomic mass is 32.2. The number of nitrogens with one attached hydrogen (secondary N) is 1. The number of rotatable bonds is 8. The highest BCUT2D eigenvalue weighted by molar-refractivity contribution is 7.92. The van der Waals surface area contributed by atoms with Gasteiger partial charge in [0, 0.05) is 25.7 Å². The van der Waals surface area contributed by atoms with E-state index in [9.17, 15) is 18.0 Å². The van der Waals surface area contributed by atoms with Crippen LogP contribution in [0.15, 0.2) is 24.3 Å². The summed E-state index contributed by atoms with van der Waals surface area (Å²) in [6.07, 6.45) is 1.06. The van der Waals surface area contributed by atoms with E-state index in [0.29, 0.717) is 11.3 Å². The Morgan fingerprint density at radius 2 is 1.48 bits per heavy atom. The van der Waals surface area contributed by atoms with Crippen molar-refractivity contribution in [2.45, 2.75) is 33.7 Å². The zero-order valence-electron chi connectivity index (χ0n) is 17.2. The Balaban J connectivity index is 3.04. The van der Waals surface area contributed by atoms with Crippen molar-refractivity contribution in [2.75, 3.05) is 31.2 Å². The summed E-state index contributed by atoms with van der Waals surface area (Å²) < 4.78 is 25.5. The molecule has 0 aliphatic heterocycles. The quantitative estimate of drug-likeness (QED) is 0.726. The monoisotopic (exact) mass is 397 g/mol. The lowest BCUT2D eigenvalue weighted by Gasteiger charge is -2.28. The van der Waals surface area contributed by atoms with Gasteiger partial charge in [0.15, 0.2) is 0 Å². The molecule has 152 valence electrons. The van der Waals surface area contributed by atoms with Gasteiger partial charge in [-0.1, -0.05) is 27.7 Å². The van der Waals surface area contributed by atoms with Crippen LogP contribution in [0, 0.1) is 11.8 Å². The Kier molecular flexibility index (Phi) is 7.83. The Bertz CT molecular complexity index is 748. The average molecular weight is 398 g/mol. The fourth-order valence-electron chi connectivity index (χ4n) is 2.89. The largest absolute Gasteiger partial charge is 0.351 e. The molecule has 0 saturated carbocycles. The van der Waals surface area contributed by atoms with Crippen LogP contribution in [0.25, 0.3) is 0 Å². The van der Waals surface area contributed by atoms with Crippen LogP contribution >= 0.6 is 0 Å². The lowest BCUT2D eigenvalue weighted by molar-refractivity contribution is -0.121. The third-order valence-electron chi connectivity index (χ3n) is 4.26. The van der Waals surface area contributed by atoms with Crippen LogP contribution < -0.4 is 9.62 Å². The van der Waals surface area contributed by atoms with Gasteiger partial charge in [0.1, 0.15) is 6.54 Å². The lowest BCUT2D eigenvalue weighted by Crippen LogP contribution is -2.47. The molecular weight excluding hydrogens is 366 g/mol. The Hall–Kier alpha value is -2.09. The summed E-state index contributed by atoms with van der Waals surface area (Å²) in [4.78, 5) is 25.9. The van der Waals surface area contributed by atoms with E-state index in [1.165, 1.54) is 17.0 Å². The van der Waals surface area contributed by atoms with Gasteiger partial charge in [-0.2, -0.15) is 0 Å². The molecule has 1 aromatic carbocycles. The second kappa shape index (κ2) is 9.21. The lowest BCUT2D eigenvalue weighted by atomic mass is 9.93. The van der Waals surface area contributed by atoms with Crippen LogP contribution in [-0.4, -0.2) is 58.1 Å². The fraction of sp³-hybridized carbons (Fsp3) is 0.579. The van der Waals surface area contributed by atoms with E-state index < -0.39 is 10.0 Å². The molecule has 0 spiro atoms. The van der Waals surface area contributed by atoms with Gasteiger partial charge >= 0.3 is 0 Å². The molecule has 0 aliphatic rings. The van der Waals surface area contributed by atoms with Crippen molar-refractivity contribution in [1.82, 2.24) is 10.2 Å². The number of sulfonamides is 1. The van der Waals surface area contributed by atoms with E-state index in [1.54, 1.807) is 26.2 Å². The average Bonchev–Trinajstić information content (AvgIpc) is 2.55. The summed E-state index contributed by atoms with van der Waals surface area (Å²) in [7, 11) is -0.377. The second-order valence-electron chi connectivity index (χ2n) is 7.60. The summed E-state index contributed by atoms with van der Waals surface area (Å²) in [6, 6.07) is 6.14. The van der Waals surface area contributed by atoms with Gasteiger partial charge in [-0.25, -0.2) is 8.42 Å². The minimum Gasteiger partial charge on any atom is -0.351 e. The maximum Gasteiger partial charge on any atom is 0.253 e. The van der Waals surface area contributed by atoms with Crippen LogP contribution in [-0.2, 0) is 14.8 Å². The molecule has 1 N–H and O–H groups in total. The maximum atomic E-state index is 12.5. The zero-order valence-corrected chi connectivity index (χ0v) is 18.0. The first-order chi connectivity index (χ1) is 12.3. The van der Waals surface area contributed by atoms with E-state index in [-0.39, 0.29) is 36.2 Å². The standard InChI is InChI=1S/C19H31N3O4S/c1-13(2)18(14(3)4)20-17(23)12-22(27(7,25)26)16-10-8-15(9-11-16)19(24)21(5)6/h8-11,13-14,18H,12H2,1-7H3,(H,20,23). The SMILES string of the molecule is CC(C)C(NC(=O)CN(c1ccc(C(=O)N(C)C)cc1)S(C)(=O)=O)C(C)C. The van der Waals surface area contributed by atoms with E-state index >= 15 is 0 Å². The summed E-state index contributed by atoms with van der Waals surface area (Å²) in [5, 5.41) is 2.93. The third-order valence-corrected chi connectivity index (χ3v) is 5.40. The highest BCUT2D eigenvalue weighted by Crippen LogP contribution is 2.19. The predicted octanol–water partition coefficient (Wildman–Crippen LogP) is 1.95. The van der Waals surface area contributed by atoms with Crippen LogP contribution in [0.5, 0.6) is 0 Å². The highest BCUT2D eigenvalue weighted by Gasteiger charge is 2.25. The van der Waals surface area contributed by atoms with Gasteiger partial charge in [0.25, 0.3) is 5.91 Å². The normalized spacial score (nSPS) is 11.8. The Morgan fingerprint density at radius 1 is 1.00 bits per heavy atom. The minimum absolute atomic E-state index is 0.0426. The van der Waals surface area contributed by atoms with Crippen LogP contribution in [0.4, 0.5) is 5.69 Å². The molecule has 0 heterocycles. The molecule has 7 nitrogen and oxygen atoms in total. The molecule has 0 bridgehead atoms. The molecule has 1 rings (SSSR count). The Morgan fingerprint density at radius 3 is 1.85 bits per heavy atom. The van der Waals surface area contributed by atoms with Gasteiger partial charge in [-0.05, 0) is 36.1 Å². The summed E-state index contributed by atoms with van der Waals surface area (Å²) in [5.74, 6) is -0.0721. The van der Waals surface area contributed by atoms with Crippen LogP contribution in [0.2, 0.25) is 0 Å². The molecule has 27 heavy (non-hydrogen) atoms. The van der Waals surface area contributed by atoms with Crippen molar-refractivity contribution >= 4 is 27.5 Å². The van der Waals surface area contributed by atoms with Crippen LogP contribution in [0.3, 0.4) is 0 Å². The van der Waals surface area contributed by atoms with E-state index in [2.05, 4.69) is 5.32 Å². The van der Waals surface area contributed by atoms with Crippen LogP contribution in [0.1, 0.15) is 38.1 Å². The number of hydrogen-bond acceptors (Lipinski definition) is 4. The molecular formula is C19H31N3O4S. The number of benzene rings is 1. The van der Waals surface area contributed by atoms with Gasteiger partial charge in [0.2, 0.25) is 15.9 Å². The first-order valence-corrected chi connectivity index (χ1v) is 10.8. The smallest absolute Gasteiger partial charge is 0.253 e.